The Morgan fingerprint density at radius 1 is 1.42 bits per heavy atom. The van der Waals surface area contributed by atoms with Crippen molar-refractivity contribution < 1.29 is 5.11 Å². The highest BCUT2D eigenvalue weighted by molar-refractivity contribution is 6.31. The lowest BCUT2D eigenvalue weighted by Gasteiger charge is -2.14. The topological polar surface area (TPSA) is 50.1 Å². The van der Waals surface area contributed by atoms with Crippen molar-refractivity contribution in [1.29, 1.82) is 0 Å². The molecule has 0 spiro atoms. The van der Waals surface area contributed by atoms with Gasteiger partial charge in [0.2, 0.25) is 0 Å². The van der Waals surface area contributed by atoms with Crippen molar-refractivity contribution in [1.82, 2.24) is 9.78 Å². The third kappa shape index (κ3) is 3.28. The Morgan fingerprint density at radius 2 is 2.16 bits per heavy atom. The molecule has 4 nitrogen and oxygen atoms in total. The summed E-state index contributed by atoms with van der Waals surface area (Å²) in [5, 5.41) is 18.3. The number of aromatic nitrogens is 2. The quantitative estimate of drug-likeness (QED) is 0.885. The first-order chi connectivity index (χ1) is 9.11. The van der Waals surface area contributed by atoms with Gasteiger partial charge in [-0.25, -0.2) is 0 Å². The second-order valence-electron chi connectivity index (χ2n) is 4.43. The van der Waals surface area contributed by atoms with E-state index in [4.69, 9.17) is 11.6 Å². The Hall–Kier alpha value is -1.52. The summed E-state index contributed by atoms with van der Waals surface area (Å²) in [4.78, 5) is 0. The van der Waals surface area contributed by atoms with Gasteiger partial charge in [-0.15, -0.1) is 0 Å². The fourth-order valence-electron chi connectivity index (χ4n) is 2.01. The van der Waals surface area contributed by atoms with Gasteiger partial charge in [0.25, 0.3) is 0 Å². The molecular weight excluding hydrogens is 262 g/mol. The first kappa shape index (κ1) is 13.9. The van der Waals surface area contributed by atoms with Crippen LogP contribution in [0.15, 0.2) is 30.5 Å². The van der Waals surface area contributed by atoms with Gasteiger partial charge < -0.3 is 10.4 Å². The molecule has 0 saturated heterocycles. The van der Waals surface area contributed by atoms with Crippen molar-refractivity contribution in [2.45, 2.75) is 19.4 Å². The summed E-state index contributed by atoms with van der Waals surface area (Å²) in [7, 11) is 1.88. The Balaban J connectivity index is 2.04. The molecule has 2 aromatic rings. The minimum absolute atomic E-state index is 0.405. The Labute approximate surface area is 118 Å². The summed E-state index contributed by atoms with van der Waals surface area (Å²) in [6.07, 6.45) is 2.13. The lowest BCUT2D eigenvalue weighted by Crippen LogP contribution is -2.13. The van der Waals surface area contributed by atoms with E-state index in [1.165, 1.54) is 0 Å². The van der Waals surface area contributed by atoms with Crippen LogP contribution in [0.3, 0.4) is 0 Å². The van der Waals surface area contributed by atoms with Crippen molar-refractivity contribution in [3.8, 4) is 0 Å². The van der Waals surface area contributed by atoms with Gasteiger partial charge in [-0.2, -0.15) is 5.10 Å². The average molecular weight is 280 g/mol. The number of aliphatic hydroxyl groups is 1. The second-order valence-corrected chi connectivity index (χ2v) is 4.84. The number of halogens is 1. The summed E-state index contributed by atoms with van der Waals surface area (Å²) in [6, 6.07) is 7.33. The SMILES string of the molecule is CCc1nn(C)cc1NCC(O)c1ccccc1Cl. The molecule has 1 heterocycles. The molecule has 102 valence electrons. The third-order valence-corrected chi connectivity index (χ3v) is 3.33. The van der Waals surface area contributed by atoms with Crippen LogP contribution in [0.4, 0.5) is 5.69 Å². The highest BCUT2D eigenvalue weighted by Gasteiger charge is 2.12. The molecule has 0 aliphatic heterocycles. The van der Waals surface area contributed by atoms with Crippen LogP contribution < -0.4 is 5.32 Å². The summed E-state index contributed by atoms with van der Waals surface area (Å²) in [5.74, 6) is 0. The summed E-state index contributed by atoms with van der Waals surface area (Å²) < 4.78 is 1.77. The summed E-state index contributed by atoms with van der Waals surface area (Å²) in [6.45, 7) is 2.46. The molecule has 1 atom stereocenters. The van der Waals surface area contributed by atoms with E-state index < -0.39 is 6.10 Å². The minimum Gasteiger partial charge on any atom is -0.387 e. The van der Waals surface area contributed by atoms with E-state index in [1.807, 2.05) is 31.4 Å². The molecule has 1 unspecified atom stereocenters. The maximum atomic E-state index is 10.2. The molecule has 19 heavy (non-hydrogen) atoms. The van der Waals surface area contributed by atoms with E-state index in [-0.39, 0.29) is 0 Å². The average Bonchev–Trinajstić information content (AvgIpc) is 2.77. The van der Waals surface area contributed by atoms with E-state index in [0.29, 0.717) is 11.6 Å². The summed E-state index contributed by atoms with van der Waals surface area (Å²) in [5.41, 5.74) is 2.68. The van der Waals surface area contributed by atoms with Crippen LogP contribution in [0.25, 0.3) is 0 Å². The first-order valence-electron chi connectivity index (χ1n) is 6.30. The van der Waals surface area contributed by atoms with Crippen LogP contribution in [-0.2, 0) is 13.5 Å². The van der Waals surface area contributed by atoms with Crippen LogP contribution in [0.1, 0.15) is 24.3 Å². The van der Waals surface area contributed by atoms with Crippen LogP contribution in [0, 0.1) is 0 Å². The molecule has 2 N–H and O–H groups in total. The van der Waals surface area contributed by atoms with Crippen LogP contribution in [0.5, 0.6) is 0 Å². The molecule has 0 aliphatic rings. The van der Waals surface area contributed by atoms with Gasteiger partial charge in [-0.1, -0.05) is 36.7 Å². The van der Waals surface area contributed by atoms with Gasteiger partial charge in [0.1, 0.15) is 0 Å². The number of aryl methyl sites for hydroxylation is 2. The predicted molar refractivity (Wildman–Crippen MR) is 77.5 cm³/mol. The molecule has 0 aliphatic carbocycles. The number of hydrogen-bond donors (Lipinski definition) is 2. The summed E-state index contributed by atoms with van der Waals surface area (Å²) >= 11 is 6.06. The fraction of sp³-hybridized carbons (Fsp3) is 0.357. The Morgan fingerprint density at radius 3 is 2.84 bits per heavy atom. The van der Waals surface area contributed by atoms with Crippen molar-refractivity contribution >= 4 is 17.3 Å². The molecule has 0 bridgehead atoms. The van der Waals surface area contributed by atoms with E-state index in [0.717, 1.165) is 23.4 Å². The lowest BCUT2D eigenvalue weighted by atomic mass is 10.1. The zero-order chi connectivity index (χ0) is 13.8. The molecule has 1 aromatic carbocycles. The number of nitrogens with zero attached hydrogens (tertiary/aromatic N) is 2. The van der Waals surface area contributed by atoms with Crippen molar-refractivity contribution in [2.24, 2.45) is 7.05 Å². The molecular formula is C14H18ClN3O. The molecule has 5 heteroatoms. The van der Waals surface area contributed by atoms with Crippen molar-refractivity contribution in [3.05, 3.63) is 46.7 Å². The molecule has 0 fully saturated rings. The van der Waals surface area contributed by atoms with Gasteiger partial charge in [0, 0.05) is 30.4 Å². The van der Waals surface area contributed by atoms with Gasteiger partial charge >= 0.3 is 0 Å². The third-order valence-electron chi connectivity index (χ3n) is 2.99. The lowest BCUT2D eigenvalue weighted by molar-refractivity contribution is 0.191. The smallest absolute Gasteiger partial charge is 0.0976 e. The Kier molecular flexibility index (Phi) is 4.45. The maximum Gasteiger partial charge on any atom is 0.0976 e. The number of benzene rings is 1. The number of aliphatic hydroxyl groups excluding tert-OH is 1. The largest absolute Gasteiger partial charge is 0.387 e. The van der Waals surface area contributed by atoms with Gasteiger partial charge in [0.05, 0.1) is 17.5 Å². The van der Waals surface area contributed by atoms with Crippen LogP contribution in [-0.4, -0.2) is 21.4 Å². The van der Waals surface area contributed by atoms with Crippen molar-refractivity contribution in [2.75, 3.05) is 11.9 Å². The maximum absolute atomic E-state index is 10.2. The monoisotopic (exact) mass is 279 g/mol. The zero-order valence-corrected chi connectivity index (χ0v) is 11.9. The van der Waals surface area contributed by atoms with Gasteiger partial charge in [-0.05, 0) is 12.5 Å². The van der Waals surface area contributed by atoms with E-state index in [9.17, 15) is 5.11 Å². The highest BCUT2D eigenvalue weighted by Crippen LogP contribution is 2.23. The Bertz CT molecular complexity index is 553. The minimum atomic E-state index is -0.640. The fourth-order valence-corrected chi connectivity index (χ4v) is 2.27. The number of anilines is 1. The number of hydrogen-bond acceptors (Lipinski definition) is 3. The number of rotatable bonds is 5. The van der Waals surface area contributed by atoms with Crippen molar-refractivity contribution in [3.63, 3.8) is 0 Å². The predicted octanol–water partition coefficient (Wildman–Crippen LogP) is 2.78. The van der Waals surface area contributed by atoms with E-state index in [2.05, 4.69) is 17.3 Å². The highest BCUT2D eigenvalue weighted by atomic mass is 35.5. The van der Waals surface area contributed by atoms with Gasteiger partial charge in [0.15, 0.2) is 0 Å². The van der Waals surface area contributed by atoms with Crippen LogP contribution in [0.2, 0.25) is 5.02 Å². The van der Waals surface area contributed by atoms with Gasteiger partial charge in [-0.3, -0.25) is 4.68 Å². The molecule has 1 aromatic heterocycles. The molecule has 0 radical (unpaired) electrons. The standard InChI is InChI=1S/C14H18ClN3O/c1-3-12-13(9-18(2)17-12)16-8-14(19)10-6-4-5-7-11(10)15/h4-7,9,14,16,19H,3,8H2,1-2H3. The molecule has 2 rings (SSSR count). The second kappa shape index (κ2) is 6.08. The molecule has 0 amide bonds. The zero-order valence-electron chi connectivity index (χ0n) is 11.1. The molecule has 0 saturated carbocycles. The first-order valence-corrected chi connectivity index (χ1v) is 6.68. The van der Waals surface area contributed by atoms with E-state index in [1.54, 1.807) is 10.7 Å². The normalized spacial score (nSPS) is 12.4. The van der Waals surface area contributed by atoms with E-state index >= 15 is 0 Å². The number of nitrogens with one attached hydrogen (secondary N) is 1. The van der Waals surface area contributed by atoms with Crippen LogP contribution >= 0.6 is 11.6 Å².